The van der Waals surface area contributed by atoms with Crippen molar-refractivity contribution in [1.82, 2.24) is 0 Å². The summed E-state index contributed by atoms with van der Waals surface area (Å²) in [5, 5.41) is 18.8. The summed E-state index contributed by atoms with van der Waals surface area (Å²) in [4.78, 5) is 22.9. The smallest absolute Gasteiger partial charge is 0.339 e. The van der Waals surface area contributed by atoms with Crippen molar-refractivity contribution < 1.29 is 24.5 Å². The molecule has 0 atom stereocenters. The Morgan fingerprint density at radius 2 is 1.10 bits per heavy atom. The summed E-state index contributed by atoms with van der Waals surface area (Å²) in [7, 11) is 0. The van der Waals surface area contributed by atoms with Gasteiger partial charge in [0.15, 0.2) is 0 Å². The maximum Gasteiger partial charge on any atom is 0.339 e. The van der Waals surface area contributed by atoms with Crippen molar-refractivity contribution in [3.05, 3.63) is 23.7 Å². The zero-order chi connectivity index (χ0) is 21.7. The SMILES string of the molecule is CCCCCCCCCCCC(=CC(=O)O)OC(=O)C=C(O)CCCCCCC. The number of ether oxygens (including phenoxy) is 1. The number of aliphatic hydroxyl groups is 1. The standard InChI is InChI=1S/C24H42O5/c1-3-5-7-9-10-11-12-14-16-18-22(20-23(26)27)29-24(28)19-21(25)17-15-13-8-6-4-2/h19-20,25H,3-18H2,1-2H3,(H,26,27). The van der Waals surface area contributed by atoms with Gasteiger partial charge < -0.3 is 14.9 Å². The molecule has 0 aliphatic heterocycles. The molecule has 0 rings (SSSR count). The van der Waals surface area contributed by atoms with Gasteiger partial charge in [-0.2, -0.15) is 0 Å². The van der Waals surface area contributed by atoms with Gasteiger partial charge >= 0.3 is 11.9 Å². The molecule has 5 nitrogen and oxygen atoms in total. The highest BCUT2D eigenvalue weighted by Crippen LogP contribution is 2.15. The highest BCUT2D eigenvalue weighted by atomic mass is 16.5. The minimum Gasteiger partial charge on any atom is -0.512 e. The lowest BCUT2D eigenvalue weighted by Gasteiger charge is -2.07. The Kier molecular flexibility index (Phi) is 18.3. The van der Waals surface area contributed by atoms with E-state index in [1.807, 2.05) is 0 Å². The van der Waals surface area contributed by atoms with Gasteiger partial charge in [-0.05, 0) is 12.8 Å². The number of carbonyl (C=O) groups is 2. The fourth-order valence-electron chi connectivity index (χ4n) is 3.18. The molecule has 0 heterocycles. The van der Waals surface area contributed by atoms with E-state index in [0.29, 0.717) is 12.8 Å². The Morgan fingerprint density at radius 1 is 0.655 bits per heavy atom. The second-order valence-electron chi connectivity index (χ2n) is 7.75. The topological polar surface area (TPSA) is 83.8 Å². The van der Waals surface area contributed by atoms with Gasteiger partial charge in [0, 0.05) is 12.8 Å². The molecule has 0 saturated carbocycles. The Balaban J connectivity index is 4.16. The number of hydrogen-bond acceptors (Lipinski definition) is 4. The Bertz CT molecular complexity index is 493. The first-order valence-corrected chi connectivity index (χ1v) is 11.5. The molecule has 29 heavy (non-hydrogen) atoms. The average molecular weight is 411 g/mol. The Morgan fingerprint density at radius 3 is 1.59 bits per heavy atom. The molecule has 0 bridgehead atoms. The van der Waals surface area contributed by atoms with Crippen molar-refractivity contribution in [2.75, 3.05) is 0 Å². The fraction of sp³-hybridized carbons (Fsp3) is 0.750. The predicted molar refractivity (Wildman–Crippen MR) is 118 cm³/mol. The lowest BCUT2D eigenvalue weighted by atomic mass is 10.1. The summed E-state index contributed by atoms with van der Waals surface area (Å²) in [5.41, 5.74) is 0. The molecule has 2 N–H and O–H groups in total. The van der Waals surface area contributed by atoms with Crippen LogP contribution in [0.5, 0.6) is 0 Å². The molecule has 0 radical (unpaired) electrons. The van der Waals surface area contributed by atoms with Crippen molar-refractivity contribution in [3.8, 4) is 0 Å². The Hall–Kier alpha value is -1.78. The van der Waals surface area contributed by atoms with Gasteiger partial charge in [-0.1, -0.05) is 90.9 Å². The first kappa shape index (κ1) is 27.2. The molecule has 0 aromatic carbocycles. The number of rotatable bonds is 19. The van der Waals surface area contributed by atoms with E-state index >= 15 is 0 Å². The highest BCUT2D eigenvalue weighted by molar-refractivity contribution is 5.85. The van der Waals surface area contributed by atoms with Crippen LogP contribution in [0.1, 0.15) is 117 Å². The molecule has 0 aromatic rings. The van der Waals surface area contributed by atoms with E-state index in [-0.39, 0.29) is 11.5 Å². The minimum atomic E-state index is -1.13. The van der Waals surface area contributed by atoms with Gasteiger partial charge in [0.1, 0.15) is 5.76 Å². The first-order valence-electron chi connectivity index (χ1n) is 11.5. The quantitative estimate of drug-likeness (QED) is 0.102. The molecular weight excluding hydrogens is 368 g/mol. The summed E-state index contributed by atoms with van der Waals surface area (Å²) in [6.07, 6.45) is 18.6. The fourth-order valence-corrected chi connectivity index (χ4v) is 3.18. The number of esters is 1. The molecule has 0 saturated heterocycles. The third-order valence-electron chi connectivity index (χ3n) is 4.86. The van der Waals surface area contributed by atoms with Gasteiger partial charge in [-0.25, -0.2) is 9.59 Å². The molecule has 0 aromatic heterocycles. The second kappa shape index (κ2) is 19.5. The van der Waals surface area contributed by atoms with Crippen molar-refractivity contribution in [2.45, 2.75) is 117 Å². The summed E-state index contributed by atoms with van der Waals surface area (Å²) in [6.45, 7) is 4.35. The highest BCUT2D eigenvalue weighted by Gasteiger charge is 2.09. The first-order chi connectivity index (χ1) is 14.0. The summed E-state index contributed by atoms with van der Waals surface area (Å²) in [5.74, 6) is -1.70. The van der Waals surface area contributed by atoms with E-state index in [1.165, 1.54) is 44.9 Å². The van der Waals surface area contributed by atoms with Crippen LogP contribution in [0.3, 0.4) is 0 Å². The zero-order valence-corrected chi connectivity index (χ0v) is 18.6. The van der Waals surface area contributed by atoms with Crippen LogP contribution in [0, 0.1) is 0 Å². The Labute approximate surface area is 177 Å². The van der Waals surface area contributed by atoms with E-state index in [0.717, 1.165) is 57.1 Å². The van der Waals surface area contributed by atoms with Crippen LogP contribution in [0.4, 0.5) is 0 Å². The largest absolute Gasteiger partial charge is 0.512 e. The number of aliphatic carboxylic acids is 1. The van der Waals surface area contributed by atoms with E-state index in [9.17, 15) is 14.7 Å². The van der Waals surface area contributed by atoms with Crippen LogP contribution in [-0.2, 0) is 14.3 Å². The van der Waals surface area contributed by atoms with Crippen LogP contribution in [0.15, 0.2) is 23.7 Å². The predicted octanol–water partition coefficient (Wildman–Crippen LogP) is 7.22. The maximum absolute atomic E-state index is 11.9. The molecule has 0 aliphatic rings. The normalized spacial score (nSPS) is 12.2. The summed E-state index contributed by atoms with van der Waals surface area (Å²) >= 11 is 0. The van der Waals surface area contributed by atoms with Crippen LogP contribution < -0.4 is 0 Å². The molecule has 0 aliphatic carbocycles. The number of carboxylic acid groups (broad SMARTS) is 1. The molecule has 0 amide bonds. The van der Waals surface area contributed by atoms with Crippen LogP contribution >= 0.6 is 0 Å². The number of allylic oxidation sites excluding steroid dienone is 2. The number of carboxylic acids is 1. The minimum absolute atomic E-state index is 0.00996. The number of carbonyl (C=O) groups excluding carboxylic acids is 1. The van der Waals surface area contributed by atoms with Crippen LogP contribution in [-0.4, -0.2) is 22.2 Å². The third kappa shape index (κ3) is 19.3. The van der Waals surface area contributed by atoms with Gasteiger partial charge in [-0.3, -0.25) is 0 Å². The maximum atomic E-state index is 11.9. The zero-order valence-electron chi connectivity index (χ0n) is 18.6. The number of hydrogen-bond donors (Lipinski definition) is 2. The summed E-state index contributed by atoms with van der Waals surface area (Å²) in [6, 6.07) is 0. The van der Waals surface area contributed by atoms with Crippen molar-refractivity contribution >= 4 is 11.9 Å². The van der Waals surface area contributed by atoms with Crippen LogP contribution in [0.25, 0.3) is 0 Å². The monoisotopic (exact) mass is 410 g/mol. The van der Waals surface area contributed by atoms with Gasteiger partial charge in [0.05, 0.1) is 17.9 Å². The number of unbranched alkanes of at least 4 members (excludes halogenated alkanes) is 12. The summed E-state index contributed by atoms with van der Waals surface area (Å²) < 4.78 is 5.15. The molecule has 0 spiro atoms. The van der Waals surface area contributed by atoms with Crippen molar-refractivity contribution in [1.29, 1.82) is 0 Å². The second-order valence-corrected chi connectivity index (χ2v) is 7.75. The van der Waals surface area contributed by atoms with Gasteiger partial charge in [0.25, 0.3) is 0 Å². The van der Waals surface area contributed by atoms with E-state index in [2.05, 4.69) is 13.8 Å². The van der Waals surface area contributed by atoms with Crippen molar-refractivity contribution in [3.63, 3.8) is 0 Å². The molecule has 0 unspecified atom stereocenters. The lowest BCUT2D eigenvalue weighted by molar-refractivity contribution is -0.134. The molecule has 5 heteroatoms. The van der Waals surface area contributed by atoms with Gasteiger partial charge in [0.2, 0.25) is 0 Å². The molecule has 168 valence electrons. The van der Waals surface area contributed by atoms with Crippen LogP contribution in [0.2, 0.25) is 0 Å². The lowest BCUT2D eigenvalue weighted by Crippen LogP contribution is -2.05. The molecule has 0 fully saturated rings. The molecular formula is C24H42O5. The average Bonchev–Trinajstić information content (AvgIpc) is 2.65. The van der Waals surface area contributed by atoms with Crippen molar-refractivity contribution in [2.24, 2.45) is 0 Å². The van der Waals surface area contributed by atoms with E-state index in [4.69, 9.17) is 9.84 Å². The van der Waals surface area contributed by atoms with E-state index < -0.39 is 11.9 Å². The number of aliphatic hydroxyl groups excluding tert-OH is 1. The van der Waals surface area contributed by atoms with Gasteiger partial charge in [-0.15, -0.1) is 0 Å². The van der Waals surface area contributed by atoms with E-state index in [1.54, 1.807) is 0 Å². The third-order valence-corrected chi connectivity index (χ3v) is 4.86.